The minimum atomic E-state index is -0.804. The molecule has 20 heavy (non-hydrogen) atoms. The second-order valence-corrected chi connectivity index (χ2v) is 5.55. The predicted molar refractivity (Wildman–Crippen MR) is 76.9 cm³/mol. The van der Waals surface area contributed by atoms with Crippen LogP contribution in [0.25, 0.3) is 0 Å². The van der Waals surface area contributed by atoms with Gasteiger partial charge < -0.3 is 5.32 Å². The van der Waals surface area contributed by atoms with Gasteiger partial charge >= 0.3 is 0 Å². The molecule has 0 spiro atoms. The van der Waals surface area contributed by atoms with Crippen LogP contribution in [0.2, 0.25) is 0 Å². The molecule has 104 valence electrons. The fourth-order valence-corrected chi connectivity index (χ4v) is 2.67. The zero-order valence-electron chi connectivity index (χ0n) is 11.4. The highest BCUT2D eigenvalue weighted by Gasteiger charge is 2.30. The molecule has 0 heterocycles. The zero-order valence-corrected chi connectivity index (χ0v) is 11.4. The zero-order chi connectivity index (χ0) is 14.1. The van der Waals surface area contributed by atoms with E-state index in [2.05, 4.69) is 36.5 Å². The van der Waals surface area contributed by atoms with Gasteiger partial charge in [-0.3, -0.25) is 0 Å². The van der Waals surface area contributed by atoms with E-state index in [4.69, 9.17) is 0 Å². The summed E-state index contributed by atoms with van der Waals surface area (Å²) in [4.78, 5) is 0. The molecule has 0 radical (unpaired) electrons. The van der Waals surface area contributed by atoms with Gasteiger partial charge in [0.1, 0.15) is 0 Å². The van der Waals surface area contributed by atoms with Crippen LogP contribution in [0.5, 0.6) is 0 Å². The number of benzene rings is 2. The maximum absolute atomic E-state index is 13.1. The summed E-state index contributed by atoms with van der Waals surface area (Å²) in [6.07, 6.45) is 2.06. The van der Waals surface area contributed by atoms with Crippen LogP contribution in [0, 0.1) is 18.6 Å². The molecule has 2 aromatic carbocycles. The van der Waals surface area contributed by atoms with Crippen LogP contribution in [-0.2, 0) is 0 Å². The molecule has 1 N–H and O–H groups in total. The Hall–Kier alpha value is -1.90. The number of hydrogen-bond donors (Lipinski definition) is 1. The van der Waals surface area contributed by atoms with Gasteiger partial charge in [0.15, 0.2) is 11.6 Å². The average Bonchev–Trinajstić information content (AvgIpc) is 2.39. The quantitative estimate of drug-likeness (QED) is 0.859. The Morgan fingerprint density at radius 2 is 1.65 bits per heavy atom. The third-order valence-corrected chi connectivity index (χ3v) is 3.98. The van der Waals surface area contributed by atoms with Crippen molar-refractivity contribution in [2.75, 3.05) is 5.32 Å². The SMILES string of the molecule is Cc1ccc(C2CC(Nc3ccc(F)c(F)c3)C2)cc1. The highest BCUT2D eigenvalue weighted by Crippen LogP contribution is 2.38. The monoisotopic (exact) mass is 273 g/mol. The third kappa shape index (κ3) is 2.67. The first kappa shape index (κ1) is 13.1. The van der Waals surface area contributed by atoms with Crippen molar-refractivity contribution in [3.05, 3.63) is 65.2 Å². The van der Waals surface area contributed by atoms with Crippen molar-refractivity contribution < 1.29 is 8.78 Å². The van der Waals surface area contributed by atoms with Gasteiger partial charge in [0.2, 0.25) is 0 Å². The fraction of sp³-hybridized carbons (Fsp3) is 0.294. The Bertz CT molecular complexity index is 601. The van der Waals surface area contributed by atoms with Gasteiger partial charge in [0.05, 0.1) is 0 Å². The number of anilines is 1. The minimum Gasteiger partial charge on any atom is -0.382 e. The lowest BCUT2D eigenvalue weighted by Gasteiger charge is -2.37. The summed E-state index contributed by atoms with van der Waals surface area (Å²) >= 11 is 0. The Kier molecular flexibility index (Phi) is 3.43. The molecule has 0 amide bonds. The summed E-state index contributed by atoms with van der Waals surface area (Å²) in [6.45, 7) is 2.08. The van der Waals surface area contributed by atoms with E-state index < -0.39 is 11.6 Å². The third-order valence-electron chi connectivity index (χ3n) is 3.98. The fourth-order valence-electron chi connectivity index (χ4n) is 2.67. The van der Waals surface area contributed by atoms with Crippen LogP contribution in [-0.4, -0.2) is 6.04 Å². The molecule has 1 aliphatic rings. The van der Waals surface area contributed by atoms with Gasteiger partial charge in [0.25, 0.3) is 0 Å². The summed E-state index contributed by atoms with van der Waals surface area (Å²) < 4.78 is 26.0. The van der Waals surface area contributed by atoms with E-state index in [-0.39, 0.29) is 0 Å². The van der Waals surface area contributed by atoms with E-state index in [1.165, 1.54) is 17.2 Å². The van der Waals surface area contributed by atoms with Crippen molar-refractivity contribution in [2.45, 2.75) is 31.7 Å². The maximum atomic E-state index is 13.1. The molecule has 1 nitrogen and oxygen atoms in total. The molecule has 0 atom stereocenters. The average molecular weight is 273 g/mol. The molecule has 3 rings (SSSR count). The Morgan fingerprint density at radius 1 is 0.950 bits per heavy atom. The molecule has 1 saturated carbocycles. The van der Waals surface area contributed by atoms with Crippen LogP contribution in [0.4, 0.5) is 14.5 Å². The number of aryl methyl sites for hydroxylation is 1. The molecule has 0 saturated heterocycles. The van der Waals surface area contributed by atoms with E-state index in [9.17, 15) is 8.78 Å². The lowest BCUT2D eigenvalue weighted by atomic mass is 9.75. The lowest BCUT2D eigenvalue weighted by Crippen LogP contribution is -2.34. The van der Waals surface area contributed by atoms with Gasteiger partial charge in [0, 0.05) is 17.8 Å². The summed E-state index contributed by atoms with van der Waals surface area (Å²) in [5.74, 6) is -1.04. The minimum absolute atomic E-state index is 0.339. The molecular weight excluding hydrogens is 256 g/mol. The Labute approximate surface area is 117 Å². The number of halogens is 2. The number of hydrogen-bond acceptors (Lipinski definition) is 1. The standard InChI is InChI=1S/C17H17F2N/c1-11-2-4-12(5-3-11)13-8-15(9-13)20-14-6-7-16(18)17(19)10-14/h2-7,10,13,15,20H,8-9H2,1H3. The first-order valence-corrected chi connectivity index (χ1v) is 6.90. The first-order chi connectivity index (χ1) is 9.61. The van der Waals surface area contributed by atoms with Gasteiger partial charge in [-0.1, -0.05) is 29.8 Å². The summed E-state index contributed by atoms with van der Waals surface area (Å²) in [6, 6.07) is 12.9. The molecule has 1 aliphatic carbocycles. The second-order valence-electron chi connectivity index (χ2n) is 5.55. The second kappa shape index (κ2) is 5.23. The van der Waals surface area contributed by atoms with E-state index in [0.717, 1.165) is 18.9 Å². The van der Waals surface area contributed by atoms with Crippen molar-refractivity contribution in [3.63, 3.8) is 0 Å². The van der Waals surface area contributed by atoms with Crippen molar-refractivity contribution >= 4 is 5.69 Å². The summed E-state index contributed by atoms with van der Waals surface area (Å²) in [7, 11) is 0. The molecule has 1 fully saturated rings. The van der Waals surface area contributed by atoms with Crippen LogP contribution in [0.3, 0.4) is 0 Å². The number of rotatable bonds is 3. The van der Waals surface area contributed by atoms with E-state index in [1.807, 2.05) is 0 Å². The largest absolute Gasteiger partial charge is 0.382 e. The highest BCUT2D eigenvalue weighted by atomic mass is 19.2. The molecular formula is C17H17F2N. The van der Waals surface area contributed by atoms with Gasteiger partial charge in [-0.2, -0.15) is 0 Å². The lowest BCUT2D eigenvalue weighted by molar-refractivity contribution is 0.374. The molecule has 0 unspecified atom stereocenters. The predicted octanol–water partition coefficient (Wildman–Crippen LogP) is 4.63. The van der Waals surface area contributed by atoms with E-state index in [0.29, 0.717) is 17.6 Å². The molecule has 0 aliphatic heterocycles. The van der Waals surface area contributed by atoms with Gasteiger partial charge in [-0.05, 0) is 43.4 Å². The molecule has 3 heteroatoms. The normalized spacial score (nSPS) is 21.4. The van der Waals surface area contributed by atoms with Crippen molar-refractivity contribution in [3.8, 4) is 0 Å². The topological polar surface area (TPSA) is 12.0 Å². The highest BCUT2D eigenvalue weighted by molar-refractivity contribution is 5.45. The Morgan fingerprint density at radius 3 is 2.30 bits per heavy atom. The smallest absolute Gasteiger partial charge is 0.160 e. The molecule has 2 aromatic rings. The number of nitrogens with one attached hydrogen (secondary N) is 1. The molecule has 0 bridgehead atoms. The van der Waals surface area contributed by atoms with E-state index >= 15 is 0 Å². The van der Waals surface area contributed by atoms with Crippen LogP contribution in [0.1, 0.15) is 29.9 Å². The summed E-state index contributed by atoms with van der Waals surface area (Å²) in [5.41, 5.74) is 3.28. The molecule has 0 aromatic heterocycles. The van der Waals surface area contributed by atoms with Crippen molar-refractivity contribution in [1.82, 2.24) is 0 Å². The van der Waals surface area contributed by atoms with Crippen LogP contribution < -0.4 is 5.32 Å². The van der Waals surface area contributed by atoms with Gasteiger partial charge in [-0.25, -0.2) is 8.78 Å². The summed E-state index contributed by atoms with van der Waals surface area (Å²) in [5, 5.41) is 3.25. The van der Waals surface area contributed by atoms with Crippen molar-refractivity contribution in [2.24, 2.45) is 0 Å². The first-order valence-electron chi connectivity index (χ1n) is 6.90. The van der Waals surface area contributed by atoms with Crippen LogP contribution in [0.15, 0.2) is 42.5 Å². The van der Waals surface area contributed by atoms with Crippen LogP contribution >= 0.6 is 0 Å². The Balaban J connectivity index is 1.58. The van der Waals surface area contributed by atoms with Crippen molar-refractivity contribution in [1.29, 1.82) is 0 Å². The van der Waals surface area contributed by atoms with E-state index in [1.54, 1.807) is 6.07 Å². The van der Waals surface area contributed by atoms with Gasteiger partial charge in [-0.15, -0.1) is 0 Å². The maximum Gasteiger partial charge on any atom is 0.160 e.